The summed E-state index contributed by atoms with van der Waals surface area (Å²) in [7, 11) is 0. The van der Waals surface area contributed by atoms with Crippen molar-refractivity contribution in [2.24, 2.45) is 4.99 Å². The zero-order valence-electron chi connectivity index (χ0n) is 17.7. The van der Waals surface area contributed by atoms with E-state index in [0.717, 1.165) is 35.5 Å². The van der Waals surface area contributed by atoms with Crippen LogP contribution in [0.25, 0.3) is 16.5 Å². The minimum Gasteiger partial charge on any atom is -0.494 e. The number of nitrogens with zero attached hydrogens (tertiary/aromatic N) is 2. The Kier molecular flexibility index (Phi) is 6.32. The standard InChI is InChI=1S/C26H30N2O2/c1-2-3-4-5-6-7-8-13-18-28-22-17-12-10-15-20(22)24(26(28)30)23-19-14-9-11-16-21(19)27-25(23)29/h9-12,14-17,30H,2-8,13,18H2,1H3. The van der Waals surface area contributed by atoms with E-state index in [9.17, 15) is 9.90 Å². The number of aromatic hydroxyl groups is 1. The van der Waals surface area contributed by atoms with E-state index in [4.69, 9.17) is 0 Å². The van der Waals surface area contributed by atoms with Gasteiger partial charge in [-0.1, -0.05) is 88.3 Å². The number of carbonyl (C=O) groups is 1. The number of aromatic nitrogens is 1. The second-order valence-electron chi connectivity index (χ2n) is 8.15. The van der Waals surface area contributed by atoms with E-state index in [0.29, 0.717) is 16.5 Å². The Morgan fingerprint density at radius 2 is 1.53 bits per heavy atom. The van der Waals surface area contributed by atoms with E-state index in [1.807, 2.05) is 53.1 Å². The lowest BCUT2D eigenvalue weighted by atomic mass is 10.0. The molecule has 1 aliphatic heterocycles. The summed E-state index contributed by atoms with van der Waals surface area (Å²) >= 11 is 0. The van der Waals surface area contributed by atoms with Crippen molar-refractivity contribution < 1.29 is 9.90 Å². The first-order valence-corrected chi connectivity index (χ1v) is 11.3. The van der Waals surface area contributed by atoms with E-state index < -0.39 is 0 Å². The van der Waals surface area contributed by atoms with Crippen LogP contribution in [-0.2, 0) is 11.3 Å². The summed E-state index contributed by atoms with van der Waals surface area (Å²) in [5.41, 5.74) is 2.09. The molecule has 1 aliphatic rings. The van der Waals surface area contributed by atoms with Gasteiger partial charge in [-0.2, -0.15) is 0 Å². The third-order valence-electron chi connectivity index (χ3n) is 6.04. The largest absolute Gasteiger partial charge is 0.494 e. The smallest absolute Gasteiger partial charge is 0.279 e. The van der Waals surface area contributed by atoms with Crippen molar-refractivity contribution in [1.29, 1.82) is 0 Å². The van der Waals surface area contributed by atoms with E-state index in [-0.39, 0.29) is 11.8 Å². The molecule has 0 atom stereocenters. The van der Waals surface area contributed by atoms with E-state index in [1.165, 1.54) is 38.5 Å². The van der Waals surface area contributed by atoms with Crippen LogP contribution in [0.1, 0.15) is 63.9 Å². The molecule has 156 valence electrons. The Morgan fingerprint density at radius 1 is 0.867 bits per heavy atom. The maximum absolute atomic E-state index is 12.7. The van der Waals surface area contributed by atoms with Crippen molar-refractivity contribution in [2.75, 3.05) is 0 Å². The van der Waals surface area contributed by atoms with Crippen molar-refractivity contribution in [3.8, 4) is 5.88 Å². The Labute approximate surface area is 177 Å². The van der Waals surface area contributed by atoms with Crippen LogP contribution in [0.2, 0.25) is 0 Å². The van der Waals surface area contributed by atoms with Gasteiger partial charge in [0.05, 0.1) is 22.0 Å². The zero-order valence-corrected chi connectivity index (χ0v) is 17.7. The number of fused-ring (bicyclic) bond motifs is 2. The highest BCUT2D eigenvalue weighted by atomic mass is 16.3. The van der Waals surface area contributed by atoms with Crippen molar-refractivity contribution in [3.63, 3.8) is 0 Å². The molecule has 2 aromatic carbocycles. The van der Waals surface area contributed by atoms with Crippen molar-refractivity contribution >= 4 is 22.4 Å². The number of amides is 1. The molecule has 0 saturated carbocycles. The van der Waals surface area contributed by atoms with Gasteiger partial charge in [-0.3, -0.25) is 4.79 Å². The Bertz CT molecular complexity index is 1170. The number of unbranched alkanes of at least 4 members (excludes halogenated alkanes) is 7. The van der Waals surface area contributed by atoms with Gasteiger partial charge in [-0.05, 0) is 18.6 Å². The highest BCUT2D eigenvalue weighted by Gasteiger charge is 2.26. The molecular formula is C26H30N2O2. The molecule has 0 bridgehead atoms. The summed E-state index contributed by atoms with van der Waals surface area (Å²) in [5.74, 6) is -0.101. The molecule has 0 spiro atoms. The van der Waals surface area contributed by atoms with Gasteiger partial charge in [0.25, 0.3) is 5.91 Å². The van der Waals surface area contributed by atoms with Gasteiger partial charge < -0.3 is 9.67 Å². The van der Waals surface area contributed by atoms with Crippen LogP contribution < -0.4 is 10.6 Å². The molecule has 4 heteroatoms. The Balaban J connectivity index is 1.60. The molecule has 4 rings (SSSR count). The van der Waals surface area contributed by atoms with Crippen LogP contribution in [0.5, 0.6) is 5.88 Å². The highest BCUT2D eigenvalue weighted by Crippen LogP contribution is 2.36. The summed E-state index contributed by atoms with van der Waals surface area (Å²) in [6.45, 7) is 2.99. The van der Waals surface area contributed by atoms with Gasteiger partial charge in [0.15, 0.2) is 5.88 Å². The molecule has 3 aromatic rings. The summed E-state index contributed by atoms with van der Waals surface area (Å²) < 4.78 is 1.96. The number of hydrogen-bond acceptors (Lipinski definition) is 2. The first-order valence-electron chi connectivity index (χ1n) is 11.3. The van der Waals surface area contributed by atoms with E-state index in [1.54, 1.807) is 0 Å². The zero-order chi connectivity index (χ0) is 20.9. The second-order valence-corrected chi connectivity index (χ2v) is 8.15. The molecule has 1 N–H and O–H groups in total. The normalized spacial score (nSPS) is 13.1. The molecule has 0 fully saturated rings. The van der Waals surface area contributed by atoms with E-state index >= 15 is 0 Å². The Morgan fingerprint density at radius 3 is 2.33 bits per heavy atom. The highest BCUT2D eigenvalue weighted by molar-refractivity contribution is 6.24. The SMILES string of the molecule is CCCCCCCCCCn1c(O)c(C2=c3ccccc3=NC2=O)c2ccccc21. The van der Waals surface area contributed by atoms with Gasteiger partial charge >= 0.3 is 0 Å². The minimum absolute atomic E-state index is 0.175. The molecule has 30 heavy (non-hydrogen) atoms. The first kappa shape index (κ1) is 20.4. The topological polar surface area (TPSA) is 54.6 Å². The number of carbonyl (C=O) groups excluding carboxylic acids is 1. The minimum atomic E-state index is -0.276. The first-order chi connectivity index (χ1) is 14.7. The van der Waals surface area contributed by atoms with Gasteiger partial charge in [0, 0.05) is 17.1 Å². The van der Waals surface area contributed by atoms with Gasteiger partial charge in [0.1, 0.15) is 0 Å². The number of benzene rings is 2. The number of hydrogen-bond donors (Lipinski definition) is 1. The van der Waals surface area contributed by atoms with Crippen LogP contribution >= 0.6 is 0 Å². The average Bonchev–Trinajstić information content (AvgIpc) is 3.22. The predicted molar refractivity (Wildman–Crippen MR) is 121 cm³/mol. The van der Waals surface area contributed by atoms with Crippen molar-refractivity contribution in [3.05, 3.63) is 64.7 Å². The lowest BCUT2D eigenvalue weighted by molar-refractivity contribution is -0.112. The van der Waals surface area contributed by atoms with Gasteiger partial charge in [0.2, 0.25) is 0 Å². The van der Waals surface area contributed by atoms with Crippen LogP contribution in [0.4, 0.5) is 0 Å². The molecule has 1 amide bonds. The number of rotatable bonds is 10. The molecule has 0 radical (unpaired) electrons. The van der Waals surface area contributed by atoms with Gasteiger partial charge in [-0.15, -0.1) is 0 Å². The number of aryl methyl sites for hydroxylation is 1. The lowest BCUT2D eigenvalue weighted by Crippen LogP contribution is -2.22. The van der Waals surface area contributed by atoms with Crippen LogP contribution in [0, 0.1) is 0 Å². The maximum Gasteiger partial charge on any atom is 0.279 e. The van der Waals surface area contributed by atoms with Crippen molar-refractivity contribution in [1.82, 2.24) is 4.57 Å². The van der Waals surface area contributed by atoms with E-state index in [2.05, 4.69) is 11.9 Å². The average molecular weight is 403 g/mol. The van der Waals surface area contributed by atoms with Gasteiger partial charge in [-0.25, -0.2) is 4.99 Å². The Hall–Kier alpha value is -2.88. The molecule has 2 heterocycles. The molecule has 0 saturated heterocycles. The second kappa shape index (κ2) is 9.29. The summed E-state index contributed by atoms with van der Waals surface area (Å²) in [5, 5.41) is 13.5. The summed E-state index contributed by atoms with van der Waals surface area (Å²) in [6.07, 6.45) is 9.96. The molecule has 1 aromatic heterocycles. The molecular weight excluding hydrogens is 372 g/mol. The van der Waals surface area contributed by atoms with Crippen molar-refractivity contribution in [2.45, 2.75) is 64.8 Å². The molecule has 0 aliphatic carbocycles. The fourth-order valence-corrected chi connectivity index (χ4v) is 4.47. The monoisotopic (exact) mass is 402 g/mol. The third-order valence-corrected chi connectivity index (χ3v) is 6.04. The molecule has 0 unspecified atom stereocenters. The van der Waals surface area contributed by atoms with Crippen LogP contribution in [0.15, 0.2) is 53.5 Å². The van der Waals surface area contributed by atoms with Crippen LogP contribution in [0.3, 0.4) is 0 Å². The molecule has 4 nitrogen and oxygen atoms in total. The quantitative estimate of drug-likeness (QED) is 0.493. The lowest BCUT2D eigenvalue weighted by Gasteiger charge is -2.08. The van der Waals surface area contributed by atoms with Crippen LogP contribution in [-0.4, -0.2) is 15.6 Å². The fraction of sp³-hybridized carbons (Fsp3) is 0.385. The summed E-state index contributed by atoms with van der Waals surface area (Å²) in [6, 6.07) is 15.5. The maximum atomic E-state index is 12.7. The third kappa shape index (κ3) is 3.91. The summed E-state index contributed by atoms with van der Waals surface area (Å²) in [4.78, 5) is 16.9. The predicted octanol–water partition coefficient (Wildman–Crippen LogP) is 4.85. The fourth-order valence-electron chi connectivity index (χ4n) is 4.47. The number of para-hydroxylation sites is 2.